The van der Waals surface area contributed by atoms with Crippen molar-refractivity contribution in [3.63, 3.8) is 0 Å². The quantitative estimate of drug-likeness (QED) is 0.757. The van der Waals surface area contributed by atoms with Gasteiger partial charge in [0, 0.05) is 38.9 Å². The van der Waals surface area contributed by atoms with Gasteiger partial charge >= 0.3 is 10.4 Å². The number of hydrogen-bond acceptors (Lipinski definition) is 4. The van der Waals surface area contributed by atoms with Crippen LogP contribution < -0.4 is 0 Å². The van der Waals surface area contributed by atoms with Crippen molar-refractivity contribution in [1.82, 2.24) is 14.2 Å². The number of nitrogens with zero attached hydrogens (tertiary/aromatic N) is 3. The summed E-state index contributed by atoms with van der Waals surface area (Å²) < 4.78 is 47.8. The normalized spacial score (nSPS) is 19.0. The standard InChI is InChI=1S/C10H13F2N3O2S/c11-10-5-9(6-13-7-10)8-14-1-3-15(4-2-14)18(12,16)17/h5-7H,1-4,8H2. The topological polar surface area (TPSA) is 53.5 Å². The first-order valence-electron chi connectivity index (χ1n) is 5.46. The molecular weight excluding hydrogens is 264 g/mol. The van der Waals surface area contributed by atoms with E-state index < -0.39 is 16.2 Å². The highest BCUT2D eigenvalue weighted by Gasteiger charge is 2.26. The van der Waals surface area contributed by atoms with E-state index in [4.69, 9.17) is 0 Å². The van der Waals surface area contributed by atoms with E-state index in [0.717, 1.165) is 10.5 Å². The van der Waals surface area contributed by atoms with Crippen LogP contribution in [0.3, 0.4) is 0 Å². The molecule has 8 heteroatoms. The maximum absolute atomic E-state index is 12.9. The number of rotatable bonds is 3. The molecule has 0 saturated carbocycles. The van der Waals surface area contributed by atoms with Gasteiger partial charge < -0.3 is 0 Å². The summed E-state index contributed by atoms with van der Waals surface area (Å²) in [5.41, 5.74) is 0.714. The Hall–Kier alpha value is -1.12. The monoisotopic (exact) mass is 277 g/mol. The number of piperazine rings is 1. The Bertz CT molecular complexity index is 516. The fourth-order valence-corrected chi connectivity index (χ4v) is 2.51. The van der Waals surface area contributed by atoms with Crippen molar-refractivity contribution in [2.24, 2.45) is 0 Å². The zero-order valence-corrected chi connectivity index (χ0v) is 10.4. The van der Waals surface area contributed by atoms with Crippen LogP contribution in [0.25, 0.3) is 0 Å². The van der Waals surface area contributed by atoms with E-state index >= 15 is 0 Å². The molecule has 0 atom stereocenters. The van der Waals surface area contributed by atoms with Crippen LogP contribution in [0.2, 0.25) is 0 Å². The molecule has 18 heavy (non-hydrogen) atoms. The zero-order valence-electron chi connectivity index (χ0n) is 9.59. The number of aromatic nitrogens is 1. The molecule has 1 fully saturated rings. The predicted octanol–water partition coefficient (Wildman–Crippen LogP) is 0.553. The van der Waals surface area contributed by atoms with Crippen LogP contribution in [0, 0.1) is 5.82 Å². The average Bonchev–Trinajstić information content (AvgIpc) is 2.28. The molecule has 100 valence electrons. The van der Waals surface area contributed by atoms with Gasteiger partial charge in [-0.3, -0.25) is 9.88 Å². The molecule has 2 rings (SSSR count). The fraction of sp³-hybridized carbons (Fsp3) is 0.500. The molecular formula is C10H13F2N3O2S. The van der Waals surface area contributed by atoms with Crippen LogP contribution in [0.4, 0.5) is 8.28 Å². The van der Waals surface area contributed by atoms with Gasteiger partial charge in [0.15, 0.2) is 0 Å². The van der Waals surface area contributed by atoms with Gasteiger partial charge in [-0.15, -0.1) is 0 Å². The van der Waals surface area contributed by atoms with E-state index in [9.17, 15) is 16.7 Å². The maximum Gasteiger partial charge on any atom is 0.374 e. The van der Waals surface area contributed by atoms with Crippen LogP contribution in [0.15, 0.2) is 18.5 Å². The lowest BCUT2D eigenvalue weighted by molar-refractivity contribution is 0.177. The van der Waals surface area contributed by atoms with Crippen LogP contribution in [0.5, 0.6) is 0 Å². The Balaban J connectivity index is 1.91. The molecule has 0 bridgehead atoms. The Kier molecular flexibility index (Phi) is 3.88. The summed E-state index contributed by atoms with van der Waals surface area (Å²) in [6, 6.07) is 1.38. The van der Waals surface area contributed by atoms with E-state index in [1.807, 2.05) is 4.90 Å². The van der Waals surface area contributed by atoms with Crippen molar-refractivity contribution in [3.05, 3.63) is 29.8 Å². The van der Waals surface area contributed by atoms with Crippen molar-refractivity contribution in [2.45, 2.75) is 6.54 Å². The Morgan fingerprint density at radius 1 is 1.22 bits per heavy atom. The molecule has 0 spiro atoms. The van der Waals surface area contributed by atoms with E-state index in [2.05, 4.69) is 4.98 Å². The van der Waals surface area contributed by atoms with Gasteiger partial charge in [0.1, 0.15) is 5.82 Å². The smallest absolute Gasteiger partial charge is 0.296 e. The minimum atomic E-state index is -4.59. The van der Waals surface area contributed by atoms with Gasteiger partial charge in [0.2, 0.25) is 0 Å². The molecule has 0 amide bonds. The van der Waals surface area contributed by atoms with E-state index in [1.165, 1.54) is 6.07 Å². The summed E-state index contributed by atoms with van der Waals surface area (Å²) >= 11 is 0. The summed E-state index contributed by atoms with van der Waals surface area (Å²) in [7, 11) is -4.59. The third-order valence-corrected chi connectivity index (χ3v) is 3.79. The summed E-state index contributed by atoms with van der Waals surface area (Å²) in [6.45, 7) is 1.54. The molecule has 1 aromatic heterocycles. The van der Waals surface area contributed by atoms with E-state index in [-0.39, 0.29) is 13.1 Å². The van der Waals surface area contributed by atoms with Crippen molar-refractivity contribution in [2.75, 3.05) is 26.2 Å². The molecule has 1 saturated heterocycles. The van der Waals surface area contributed by atoms with Crippen LogP contribution in [-0.4, -0.2) is 48.8 Å². The van der Waals surface area contributed by atoms with Crippen molar-refractivity contribution >= 4 is 10.4 Å². The second-order valence-electron chi connectivity index (χ2n) is 4.13. The van der Waals surface area contributed by atoms with E-state index in [1.54, 1.807) is 6.20 Å². The number of halogens is 2. The summed E-state index contributed by atoms with van der Waals surface area (Å²) in [6.07, 6.45) is 2.68. The lowest BCUT2D eigenvalue weighted by atomic mass is 10.2. The first-order valence-corrected chi connectivity index (χ1v) is 6.81. The highest BCUT2D eigenvalue weighted by molar-refractivity contribution is 7.83. The summed E-state index contributed by atoms with van der Waals surface area (Å²) in [4.78, 5) is 5.66. The lowest BCUT2D eigenvalue weighted by Crippen LogP contribution is -2.47. The zero-order chi connectivity index (χ0) is 13.2. The molecule has 5 nitrogen and oxygen atoms in total. The maximum atomic E-state index is 12.9. The largest absolute Gasteiger partial charge is 0.374 e. The Labute approximate surface area is 104 Å². The molecule has 0 N–H and O–H groups in total. The molecule has 0 aliphatic carbocycles. The van der Waals surface area contributed by atoms with Gasteiger partial charge in [-0.05, 0) is 11.6 Å². The van der Waals surface area contributed by atoms with Crippen LogP contribution >= 0.6 is 0 Å². The predicted molar refractivity (Wildman–Crippen MR) is 61.1 cm³/mol. The molecule has 2 heterocycles. The highest BCUT2D eigenvalue weighted by Crippen LogP contribution is 2.12. The molecule has 0 radical (unpaired) electrons. The Morgan fingerprint density at radius 2 is 1.89 bits per heavy atom. The number of hydrogen-bond donors (Lipinski definition) is 0. The van der Waals surface area contributed by atoms with Gasteiger partial charge in [0.25, 0.3) is 0 Å². The number of pyridine rings is 1. The van der Waals surface area contributed by atoms with Gasteiger partial charge in [-0.2, -0.15) is 12.7 Å². The average molecular weight is 277 g/mol. The van der Waals surface area contributed by atoms with Crippen molar-refractivity contribution in [1.29, 1.82) is 0 Å². The molecule has 1 aromatic rings. The molecule has 1 aliphatic rings. The van der Waals surface area contributed by atoms with Gasteiger partial charge in [-0.1, -0.05) is 3.89 Å². The highest BCUT2D eigenvalue weighted by atomic mass is 32.3. The van der Waals surface area contributed by atoms with E-state index in [0.29, 0.717) is 25.2 Å². The minimum absolute atomic E-state index is 0.113. The van der Waals surface area contributed by atoms with Crippen molar-refractivity contribution in [3.8, 4) is 0 Å². The molecule has 0 unspecified atom stereocenters. The first-order chi connectivity index (χ1) is 8.45. The second kappa shape index (κ2) is 5.25. The minimum Gasteiger partial charge on any atom is -0.296 e. The summed E-state index contributed by atoms with van der Waals surface area (Å²) in [5, 5.41) is 0. The van der Waals surface area contributed by atoms with Crippen LogP contribution in [0.1, 0.15) is 5.56 Å². The van der Waals surface area contributed by atoms with Gasteiger partial charge in [-0.25, -0.2) is 4.39 Å². The summed E-state index contributed by atoms with van der Waals surface area (Å²) in [5.74, 6) is -0.405. The lowest BCUT2D eigenvalue weighted by Gasteiger charge is -2.31. The van der Waals surface area contributed by atoms with Crippen molar-refractivity contribution < 1.29 is 16.7 Å². The van der Waals surface area contributed by atoms with Gasteiger partial charge in [0.05, 0.1) is 6.20 Å². The second-order valence-corrected chi connectivity index (χ2v) is 5.47. The first kappa shape index (κ1) is 13.3. The molecule has 1 aliphatic heterocycles. The SMILES string of the molecule is O=S(=O)(F)N1CCN(Cc2cncc(F)c2)CC1. The third-order valence-electron chi connectivity index (χ3n) is 2.81. The fourth-order valence-electron chi connectivity index (χ4n) is 1.91. The third kappa shape index (κ3) is 3.44. The Morgan fingerprint density at radius 3 is 2.44 bits per heavy atom. The van der Waals surface area contributed by atoms with Crippen LogP contribution in [-0.2, 0) is 17.0 Å². The molecule has 0 aromatic carbocycles.